The van der Waals surface area contributed by atoms with Gasteiger partial charge in [-0.1, -0.05) is 140 Å². The van der Waals surface area contributed by atoms with Gasteiger partial charge in [-0.2, -0.15) is 0 Å². The first-order valence-corrected chi connectivity index (χ1v) is 16.8. The molecule has 7 aromatic rings. The van der Waals surface area contributed by atoms with Crippen molar-refractivity contribution in [2.75, 3.05) is 0 Å². The Morgan fingerprint density at radius 1 is 0.531 bits per heavy atom. The lowest BCUT2D eigenvalue weighted by atomic mass is 9.68. The molecule has 0 amide bonds. The Kier molecular flexibility index (Phi) is 7.87. The number of pyridine rings is 1. The lowest BCUT2D eigenvalue weighted by Crippen LogP contribution is -2.28. The molecule has 0 spiro atoms. The summed E-state index contributed by atoms with van der Waals surface area (Å²) in [6, 6.07) is 51.8. The second-order valence-electron chi connectivity index (χ2n) is 12.3. The summed E-state index contributed by atoms with van der Waals surface area (Å²) in [7, 11) is 0. The molecule has 1 aliphatic carbocycles. The zero-order chi connectivity index (χ0) is 33.2. The maximum absolute atomic E-state index is 5.18. The molecule has 49 heavy (non-hydrogen) atoms. The Labute approximate surface area is 288 Å². The maximum Gasteiger partial charge on any atom is 0.160 e. The molecular formula is C46H35N3. The minimum absolute atomic E-state index is 0.471. The number of fused-ring (bicyclic) bond motifs is 3. The van der Waals surface area contributed by atoms with E-state index in [0.29, 0.717) is 5.82 Å². The quantitative estimate of drug-likeness (QED) is 0.165. The van der Waals surface area contributed by atoms with Crippen molar-refractivity contribution in [2.45, 2.75) is 19.3 Å². The van der Waals surface area contributed by atoms with E-state index in [-0.39, 0.29) is 0 Å². The number of allylic oxidation sites excluding steroid dienone is 4. The van der Waals surface area contributed by atoms with Gasteiger partial charge in [-0.05, 0) is 82.6 Å². The highest BCUT2D eigenvalue weighted by molar-refractivity contribution is 5.89. The van der Waals surface area contributed by atoms with Crippen molar-refractivity contribution in [1.29, 1.82) is 0 Å². The van der Waals surface area contributed by atoms with Crippen LogP contribution in [0.25, 0.3) is 50.6 Å². The zero-order valence-electron chi connectivity index (χ0n) is 27.6. The highest BCUT2D eigenvalue weighted by Crippen LogP contribution is 2.56. The molecule has 1 unspecified atom stereocenters. The smallest absolute Gasteiger partial charge is 0.160 e. The molecule has 2 aromatic heterocycles. The predicted octanol–water partition coefficient (Wildman–Crippen LogP) is 11.2. The van der Waals surface area contributed by atoms with Crippen molar-refractivity contribution in [3.63, 3.8) is 0 Å². The molecule has 1 atom stereocenters. The molecule has 0 bridgehead atoms. The first-order chi connectivity index (χ1) is 24.2. The number of aromatic nitrogens is 3. The summed E-state index contributed by atoms with van der Waals surface area (Å²) in [6.07, 6.45) is 10.1. The largest absolute Gasteiger partial charge is 0.265 e. The van der Waals surface area contributed by atoms with E-state index < -0.39 is 5.41 Å². The lowest BCUT2D eigenvalue weighted by molar-refractivity contribution is 0.766. The molecule has 0 aliphatic heterocycles. The molecule has 2 heterocycles. The van der Waals surface area contributed by atoms with Gasteiger partial charge in [0, 0.05) is 29.1 Å². The first-order valence-electron chi connectivity index (χ1n) is 16.8. The number of nitrogens with zero attached hydrogens (tertiary/aromatic N) is 3. The fourth-order valence-corrected chi connectivity index (χ4v) is 7.35. The average Bonchev–Trinajstić information content (AvgIpc) is 3.48. The predicted molar refractivity (Wildman–Crippen MR) is 202 cm³/mol. The van der Waals surface area contributed by atoms with Crippen LogP contribution in [0.5, 0.6) is 0 Å². The second-order valence-corrected chi connectivity index (χ2v) is 12.3. The van der Waals surface area contributed by atoms with Crippen LogP contribution in [0, 0.1) is 0 Å². The minimum Gasteiger partial charge on any atom is -0.265 e. The molecule has 0 fully saturated rings. The van der Waals surface area contributed by atoms with Crippen molar-refractivity contribution < 1.29 is 0 Å². The zero-order valence-corrected chi connectivity index (χ0v) is 27.6. The molecule has 5 aromatic carbocycles. The number of rotatable bonds is 7. The Morgan fingerprint density at radius 2 is 1.14 bits per heavy atom. The van der Waals surface area contributed by atoms with Gasteiger partial charge in [0.05, 0.1) is 16.8 Å². The van der Waals surface area contributed by atoms with Crippen molar-refractivity contribution in [2.24, 2.45) is 0 Å². The maximum atomic E-state index is 5.18. The summed E-state index contributed by atoms with van der Waals surface area (Å²) in [5.74, 6) is 0.705. The fourth-order valence-electron chi connectivity index (χ4n) is 7.35. The number of hydrogen-bond donors (Lipinski definition) is 0. The molecule has 234 valence electrons. The highest BCUT2D eigenvalue weighted by Gasteiger charge is 2.46. The van der Waals surface area contributed by atoms with E-state index in [1.165, 1.54) is 44.5 Å². The average molecular weight is 630 g/mol. The van der Waals surface area contributed by atoms with Crippen LogP contribution in [-0.2, 0) is 5.41 Å². The van der Waals surface area contributed by atoms with Crippen LogP contribution in [0.3, 0.4) is 0 Å². The van der Waals surface area contributed by atoms with E-state index in [2.05, 4.69) is 158 Å². The van der Waals surface area contributed by atoms with Crippen molar-refractivity contribution in [3.05, 3.63) is 204 Å². The van der Waals surface area contributed by atoms with Crippen LogP contribution < -0.4 is 0 Å². The van der Waals surface area contributed by atoms with Crippen LogP contribution in [-0.4, -0.2) is 15.0 Å². The van der Waals surface area contributed by atoms with Gasteiger partial charge >= 0.3 is 0 Å². The third-order valence-corrected chi connectivity index (χ3v) is 9.59. The molecule has 3 heteroatoms. The van der Waals surface area contributed by atoms with Gasteiger partial charge in [-0.3, -0.25) is 4.98 Å². The van der Waals surface area contributed by atoms with Gasteiger partial charge in [0.2, 0.25) is 0 Å². The van der Waals surface area contributed by atoms with E-state index in [0.717, 1.165) is 28.1 Å². The summed E-state index contributed by atoms with van der Waals surface area (Å²) in [5, 5.41) is 0. The van der Waals surface area contributed by atoms with E-state index in [4.69, 9.17) is 9.97 Å². The third-order valence-electron chi connectivity index (χ3n) is 9.59. The van der Waals surface area contributed by atoms with Gasteiger partial charge in [0.1, 0.15) is 0 Å². The molecule has 0 N–H and O–H groups in total. The van der Waals surface area contributed by atoms with Crippen molar-refractivity contribution in [3.8, 4) is 45.0 Å². The molecule has 1 aliphatic rings. The van der Waals surface area contributed by atoms with E-state index in [1.54, 1.807) is 0 Å². The standard InChI is InChI=1S/C46H35N3/c1-3-13-32(4-2)33-20-22-34(23-21-33)43-31-44(49-45(48-43)35-14-7-5-8-15-35)36-24-25-42-40(30-36)39-18-11-12-19-41(39)46(42,37-16-9-6-10-17-37)38-26-28-47-29-27-38/h3-31H,1-2H3/b13-3-,32-4+. The summed E-state index contributed by atoms with van der Waals surface area (Å²) in [5.41, 5.74) is 14.2. The van der Waals surface area contributed by atoms with Gasteiger partial charge in [-0.15, -0.1) is 0 Å². The normalized spacial score (nSPS) is 15.3. The first kappa shape index (κ1) is 30.2. The Morgan fingerprint density at radius 3 is 1.86 bits per heavy atom. The Hall–Kier alpha value is -6.19. The van der Waals surface area contributed by atoms with E-state index in [1.807, 2.05) is 37.5 Å². The van der Waals surface area contributed by atoms with Crippen LogP contribution in [0.1, 0.15) is 41.7 Å². The summed E-state index contributed by atoms with van der Waals surface area (Å²) < 4.78 is 0. The van der Waals surface area contributed by atoms with Gasteiger partial charge < -0.3 is 0 Å². The second kappa shape index (κ2) is 12.8. The molecule has 0 saturated heterocycles. The lowest BCUT2D eigenvalue weighted by Gasteiger charge is -2.33. The molecule has 0 radical (unpaired) electrons. The van der Waals surface area contributed by atoms with Crippen molar-refractivity contribution in [1.82, 2.24) is 15.0 Å². The molecule has 3 nitrogen and oxygen atoms in total. The topological polar surface area (TPSA) is 38.7 Å². The molecular weight excluding hydrogens is 595 g/mol. The Balaban J connectivity index is 1.32. The van der Waals surface area contributed by atoms with Crippen molar-refractivity contribution >= 4 is 5.57 Å². The summed E-state index contributed by atoms with van der Waals surface area (Å²) in [6.45, 7) is 4.12. The van der Waals surface area contributed by atoms with Gasteiger partial charge in [0.25, 0.3) is 0 Å². The van der Waals surface area contributed by atoms with Crippen LogP contribution in [0.2, 0.25) is 0 Å². The summed E-state index contributed by atoms with van der Waals surface area (Å²) >= 11 is 0. The molecule has 8 rings (SSSR count). The van der Waals surface area contributed by atoms with Gasteiger partial charge in [-0.25, -0.2) is 9.97 Å². The van der Waals surface area contributed by atoms with Crippen LogP contribution in [0.4, 0.5) is 0 Å². The summed E-state index contributed by atoms with van der Waals surface area (Å²) in [4.78, 5) is 14.7. The van der Waals surface area contributed by atoms with E-state index >= 15 is 0 Å². The monoisotopic (exact) mass is 629 g/mol. The minimum atomic E-state index is -0.471. The fraction of sp³-hybridized carbons (Fsp3) is 0.0652. The highest BCUT2D eigenvalue weighted by atomic mass is 14.9. The third kappa shape index (κ3) is 5.21. The van der Waals surface area contributed by atoms with Crippen LogP contribution >= 0.6 is 0 Å². The Bertz CT molecular complexity index is 2280. The number of hydrogen-bond acceptors (Lipinski definition) is 3. The van der Waals surface area contributed by atoms with E-state index in [9.17, 15) is 0 Å². The molecule has 0 saturated carbocycles. The SMILES string of the molecule is C/C=C\C(=C/C)c1ccc(-c2cc(-c3ccc4c(c3)-c3ccccc3C4(c3ccccc3)c3ccncc3)nc(-c3ccccc3)n2)cc1. The number of benzene rings is 5. The van der Waals surface area contributed by atoms with Gasteiger partial charge in [0.15, 0.2) is 5.82 Å². The van der Waals surface area contributed by atoms with Crippen LogP contribution in [0.15, 0.2) is 176 Å².